The van der Waals surface area contributed by atoms with Gasteiger partial charge in [-0.05, 0) is 39.7 Å². The molecule has 100 valence electrons. The van der Waals surface area contributed by atoms with Crippen molar-refractivity contribution in [2.24, 2.45) is 5.41 Å². The van der Waals surface area contributed by atoms with Crippen LogP contribution in [0.5, 0.6) is 0 Å². The molecule has 0 aromatic rings. The molecule has 1 unspecified atom stereocenters. The van der Waals surface area contributed by atoms with Gasteiger partial charge < -0.3 is 10.1 Å². The van der Waals surface area contributed by atoms with Crippen LogP contribution in [-0.2, 0) is 4.74 Å². The third-order valence-corrected chi connectivity index (χ3v) is 2.97. The maximum atomic E-state index is 8.90. The number of unbranched alkanes of at least 4 members (excludes halogenated alkanes) is 1. The van der Waals surface area contributed by atoms with Crippen LogP contribution in [-0.4, -0.2) is 26.3 Å². The van der Waals surface area contributed by atoms with E-state index in [0.717, 1.165) is 38.8 Å². The quantitative estimate of drug-likeness (QED) is 0.597. The Morgan fingerprint density at radius 3 is 2.59 bits per heavy atom. The lowest BCUT2D eigenvalue weighted by Gasteiger charge is -2.18. The molecular formula is C14H28N2O. The van der Waals surface area contributed by atoms with E-state index in [1.165, 1.54) is 6.42 Å². The lowest BCUT2D eigenvalue weighted by molar-refractivity contribution is 0.161. The molecule has 0 radical (unpaired) electrons. The normalized spacial score (nSPS) is 13.4. The molecule has 3 heteroatoms. The summed E-state index contributed by atoms with van der Waals surface area (Å²) in [4.78, 5) is 0. The second kappa shape index (κ2) is 9.44. The Hall–Kier alpha value is -0.590. The first-order valence-electron chi connectivity index (χ1n) is 6.69. The zero-order valence-corrected chi connectivity index (χ0v) is 11.9. The second-order valence-electron chi connectivity index (χ2n) is 5.35. The number of methoxy groups -OCH3 is 1. The number of hydrogen-bond donors (Lipinski definition) is 1. The third kappa shape index (κ3) is 9.14. The molecule has 0 aliphatic carbocycles. The third-order valence-electron chi connectivity index (χ3n) is 2.97. The van der Waals surface area contributed by atoms with Crippen LogP contribution in [0, 0.1) is 16.7 Å². The highest BCUT2D eigenvalue weighted by atomic mass is 16.5. The van der Waals surface area contributed by atoms with E-state index in [0.29, 0.717) is 6.04 Å². The summed E-state index contributed by atoms with van der Waals surface area (Å²) < 4.78 is 5.18. The molecule has 0 aliphatic rings. The van der Waals surface area contributed by atoms with Gasteiger partial charge >= 0.3 is 0 Å². The fourth-order valence-electron chi connectivity index (χ4n) is 1.85. The van der Waals surface area contributed by atoms with E-state index in [4.69, 9.17) is 10.00 Å². The molecule has 0 heterocycles. The van der Waals surface area contributed by atoms with Gasteiger partial charge in [0.25, 0.3) is 0 Å². The molecule has 0 amide bonds. The van der Waals surface area contributed by atoms with Gasteiger partial charge in [0.1, 0.15) is 0 Å². The van der Waals surface area contributed by atoms with Gasteiger partial charge in [-0.2, -0.15) is 5.26 Å². The number of nitrogens with one attached hydrogen (secondary N) is 1. The molecular weight excluding hydrogens is 212 g/mol. The topological polar surface area (TPSA) is 45.0 Å². The van der Waals surface area contributed by atoms with E-state index in [1.54, 1.807) is 7.11 Å². The maximum Gasteiger partial charge on any atom is 0.0683 e. The van der Waals surface area contributed by atoms with Crippen molar-refractivity contribution in [1.29, 1.82) is 5.26 Å². The Labute approximate surface area is 107 Å². The van der Waals surface area contributed by atoms with Gasteiger partial charge in [-0.1, -0.05) is 19.8 Å². The number of nitrogens with zero attached hydrogens (tertiary/aromatic N) is 1. The second-order valence-corrected chi connectivity index (χ2v) is 5.35. The van der Waals surface area contributed by atoms with Gasteiger partial charge in [-0.25, -0.2) is 0 Å². The molecule has 0 fully saturated rings. The molecule has 0 bridgehead atoms. The molecule has 0 aliphatic heterocycles. The van der Waals surface area contributed by atoms with E-state index >= 15 is 0 Å². The minimum atomic E-state index is -0.171. The average molecular weight is 240 g/mol. The average Bonchev–Trinajstić information content (AvgIpc) is 2.29. The summed E-state index contributed by atoms with van der Waals surface area (Å²) in [5.41, 5.74) is -0.171. The highest BCUT2D eigenvalue weighted by molar-refractivity contribution is 4.91. The zero-order valence-electron chi connectivity index (χ0n) is 11.9. The molecule has 0 spiro atoms. The number of hydrogen-bond acceptors (Lipinski definition) is 3. The summed E-state index contributed by atoms with van der Waals surface area (Å²) in [6, 6.07) is 2.82. The van der Waals surface area contributed by atoms with Gasteiger partial charge in [-0.15, -0.1) is 0 Å². The van der Waals surface area contributed by atoms with Crippen LogP contribution < -0.4 is 5.32 Å². The summed E-state index contributed by atoms with van der Waals surface area (Å²) in [5.74, 6) is 0. The monoisotopic (exact) mass is 240 g/mol. The van der Waals surface area contributed by atoms with Crippen molar-refractivity contribution in [3.63, 3.8) is 0 Å². The van der Waals surface area contributed by atoms with Gasteiger partial charge in [0.2, 0.25) is 0 Å². The van der Waals surface area contributed by atoms with Crippen molar-refractivity contribution < 1.29 is 4.74 Å². The largest absolute Gasteiger partial charge is 0.383 e. The minimum Gasteiger partial charge on any atom is -0.383 e. The first-order chi connectivity index (χ1) is 8.05. The zero-order chi connectivity index (χ0) is 13.1. The van der Waals surface area contributed by atoms with E-state index in [9.17, 15) is 0 Å². The number of nitriles is 1. The van der Waals surface area contributed by atoms with Crippen LogP contribution >= 0.6 is 0 Å². The van der Waals surface area contributed by atoms with Gasteiger partial charge in [0.15, 0.2) is 0 Å². The molecule has 17 heavy (non-hydrogen) atoms. The van der Waals surface area contributed by atoms with E-state index in [2.05, 4.69) is 18.3 Å². The van der Waals surface area contributed by atoms with Gasteiger partial charge in [-0.3, -0.25) is 0 Å². The van der Waals surface area contributed by atoms with E-state index < -0.39 is 0 Å². The molecule has 0 saturated heterocycles. The molecule has 1 N–H and O–H groups in total. The Morgan fingerprint density at radius 1 is 1.35 bits per heavy atom. The lowest BCUT2D eigenvalue weighted by Crippen LogP contribution is -2.33. The summed E-state index contributed by atoms with van der Waals surface area (Å²) in [7, 11) is 1.75. The summed E-state index contributed by atoms with van der Waals surface area (Å²) >= 11 is 0. The molecule has 0 rings (SSSR count). The maximum absolute atomic E-state index is 8.90. The predicted molar refractivity (Wildman–Crippen MR) is 71.8 cm³/mol. The van der Waals surface area contributed by atoms with Crippen LogP contribution in [0.4, 0.5) is 0 Å². The Bertz CT molecular complexity index is 215. The van der Waals surface area contributed by atoms with Gasteiger partial charge in [0.05, 0.1) is 18.1 Å². The van der Waals surface area contributed by atoms with E-state index in [1.807, 2.05) is 13.8 Å². The summed E-state index contributed by atoms with van der Waals surface area (Å²) in [6.07, 6.45) is 5.57. The molecule has 0 aromatic carbocycles. The standard InChI is InChI=1S/C14H28N2O/c1-5-8-13(11-17-4)16-10-7-6-9-14(2,3)12-15/h13,16H,5-11H2,1-4H3. The highest BCUT2D eigenvalue weighted by Gasteiger charge is 2.15. The Morgan fingerprint density at radius 2 is 2.06 bits per heavy atom. The number of ether oxygens (including phenoxy) is 1. The Kier molecular flexibility index (Phi) is 9.11. The molecule has 0 saturated carbocycles. The first kappa shape index (κ1) is 16.4. The van der Waals surface area contributed by atoms with E-state index in [-0.39, 0.29) is 5.41 Å². The molecule has 1 atom stereocenters. The first-order valence-corrected chi connectivity index (χ1v) is 6.69. The van der Waals surface area contributed by atoms with Crippen molar-refractivity contribution >= 4 is 0 Å². The van der Waals surface area contributed by atoms with Crippen LogP contribution in [0.3, 0.4) is 0 Å². The SMILES string of the molecule is CCCC(COC)NCCCCC(C)(C)C#N. The van der Waals surface area contributed by atoms with Crippen LogP contribution in [0.2, 0.25) is 0 Å². The smallest absolute Gasteiger partial charge is 0.0683 e. The number of rotatable bonds is 10. The van der Waals surface area contributed by atoms with Crippen molar-refractivity contribution in [2.45, 2.75) is 58.9 Å². The van der Waals surface area contributed by atoms with Crippen molar-refractivity contribution in [2.75, 3.05) is 20.3 Å². The summed E-state index contributed by atoms with van der Waals surface area (Å²) in [5, 5.41) is 12.4. The molecule has 0 aromatic heterocycles. The lowest BCUT2D eigenvalue weighted by atomic mass is 9.89. The summed E-state index contributed by atoms with van der Waals surface area (Å²) in [6.45, 7) is 8.02. The molecule has 3 nitrogen and oxygen atoms in total. The van der Waals surface area contributed by atoms with Gasteiger partial charge in [0, 0.05) is 13.2 Å². The fourth-order valence-corrected chi connectivity index (χ4v) is 1.85. The van der Waals surface area contributed by atoms with Crippen molar-refractivity contribution in [1.82, 2.24) is 5.32 Å². The predicted octanol–water partition coefficient (Wildman–Crippen LogP) is 3.11. The van der Waals surface area contributed by atoms with Crippen molar-refractivity contribution in [3.05, 3.63) is 0 Å². The highest BCUT2D eigenvalue weighted by Crippen LogP contribution is 2.21. The minimum absolute atomic E-state index is 0.171. The fraction of sp³-hybridized carbons (Fsp3) is 0.929. The van der Waals surface area contributed by atoms with Crippen LogP contribution in [0.15, 0.2) is 0 Å². The van der Waals surface area contributed by atoms with Crippen LogP contribution in [0.25, 0.3) is 0 Å². The van der Waals surface area contributed by atoms with Crippen LogP contribution in [0.1, 0.15) is 52.9 Å². The Balaban J connectivity index is 3.58. The van der Waals surface area contributed by atoms with Crippen molar-refractivity contribution in [3.8, 4) is 6.07 Å².